The van der Waals surface area contributed by atoms with Crippen molar-refractivity contribution in [3.05, 3.63) is 129 Å². The van der Waals surface area contributed by atoms with E-state index >= 15 is 0 Å². The second kappa shape index (κ2) is 14.8. The van der Waals surface area contributed by atoms with E-state index in [1.54, 1.807) is 18.2 Å². The largest absolute Gasteiger partial charge is 0.350 e. The molecule has 0 bridgehead atoms. The zero-order valence-corrected chi connectivity index (χ0v) is 29.0. The summed E-state index contributed by atoms with van der Waals surface area (Å²) < 4.78 is 30.0. The Hall–Kier alpha value is -3.37. The Morgan fingerprint density at radius 2 is 1.47 bits per heavy atom. The molecule has 1 N–H and O–H groups in total. The van der Waals surface area contributed by atoms with Gasteiger partial charge < -0.3 is 10.2 Å². The molecule has 11 heteroatoms. The first kappa shape index (κ1) is 34.5. The highest BCUT2D eigenvalue weighted by Crippen LogP contribution is 2.33. The molecule has 0 aliphatic carbocycles. The van der Waals surface area contributed by atoms with E-state index in [1.807, 2.05) is 75.4 Å². The van der Waals surface area contributed by atoms with Gasteiger partial charge in [-0.15, -0.1) is 0 Å². The molecule has 0 aromatic heterocycles. The molecule has 0 aliphatic heterocycles. The van der Waals surface area contributed by atoms with Crippen LogP contribution in [0.1, 0.15) is 31.9 Å². The van der Waals surface area contributed by atoms with Crippen molar-refractivity contribution in [3.8, 4) is 0 Å². The molecular weight excluding hydrogens is 697 g/mol. The summed E-state index contributed by atoms with van der Waals surface area (Å²) in [6.45, 7) is 5.01. The number of carbonyl (C=O) groups excluding carboxylic acids is 2. The van der Waals surface area contributed by atoms with Crippen molar-refractivity contribution in [1.29, 1.82) is 0 Å². The first-order valence-electron chi connectivity index (χ1n) is 14.2. The zero-order chi connectivity index (χ0) is 32.8. The molecule has 4 aromatic rings. The third-order valence-corrected chi connectivity index (χ3v) is 9.60. The quantitative estimate of drug-likeness (QED) is 0.173. The van der Waals surface area contributed by atoms with Crippen molar-refractivity contribution in [3.63, 3.8) is 0 Å². The Morgan fingerprint density at radius 3 is 2.07 bits per heavy atom. The maximum atomic E-state index is 14.5. The fourth-order valence-electron chi connectivity index (χ4n) is 4.76. The molecule has 0 spiro atoms. The number of anilines is 1. The van der Waals surface area contributed by atoms with E-state index in [0.717, 1.165) is 19.9 Å². The van der Waals surface area contributed by atoms with Gasteiger partial charge in [-0.2, -0.15) is 0 Å². The maximum absolute atomic E-state index is 14.5. The van der Waals surface area contributed by atoms with Crippen molar-refractivity contribution < 1.29 is 18.0 Å². The van der Waals surface area contributed by atoms with Crippen LogP contribution in [0.2, 0.25) is 10.0 Å². The molecule has 0 fully saturated rings. The molecule has 1 atom stereocenters. The van der Waals surface area contributed by atoms with Crippen molar-refractivity contribution >= 4 is 66.7 Å². The number of sulfonamides is 1. The van der Waals surface area contributed by atoms with E-state index in [1.165, 1.54) is 35.2 Å². The van der Waals surface area contributed by atoms with Crippen molar-refractivity contribution in [1.82, 2.24) is 10.2 Å². The van der Waals surface area contributed by atoms with E-state index in [0.29, 0.717) is 5.02 Å². The molecule has 0 saturated heterocycles. The van der Waals surface area contributed by atoms with Gasteiger partial charge in [-0.1, -0.05) is 99.8 Å². The summed E-state index contributed by atoms with van der Waals surface area (Å²) in [5.74, 6) is -0.956. The average Bonchev–Trinajstić information content (AvgIpc) is 2.98. The molecule has 2 amide bonds. The maximum Gasteiger partial charge on any atom is 0.264 e. The minimum absolute atomic E-state index is 0.0198. The number of benzene rings is 4. The third-order valence-electron chi connectivity index (χ3n) is 6.80. The predicted octanol–water partition coefficient (Wildman–Crippen LogP) is 7.51. The number of hydrogen-bond acceptors (Lipinski definition) is 4. The molecule has 7 nitrogen and oxygen atoms in total. The van der Waals surface area contributed by atoms with Gasteiger partial charge >= 0.3 is 0 Å². The standard InChI is InChI=1S/C34H34BrCl2N3O4S/c1-34(2,3)38-33(42)31(20-24-11-6-4-7-12-24)39(22-25-13-10-14-26(35)19-25)32(41)23-40(30-18-17-27(36)21-29(30)37)45(43,44)28-15-8-5-9-16-28/h4-19,21,31H,20,22-23H2,1-3H3,(H,38,42)/t31-/m0/s1. The first-order valence-corrected chi connectivity index (χ1v) is 17.2. The Bertz CT molecular complexity index is 1750. The van der Waals surface area contributed by atoms with Crippen molar-refractivity contribution in [2.24, 2.45) is 0 Å². The number of carbonyl (C=O) groups is 2. The summed E-state index contributed by atoms with van der Waals surface area (Å²) in [5, 5.41) is 3.38. The normalized spacial score (nSPS) is 12.3. The van der Waals surface area contributed by atoms with E-state index in [9.17, 15) is 18.0 Å². The highest BCUT2D eigenvalue weighted by Gasteiger charge is 2.36. The van der Waals surface area contributed by atoms with Gasteiger partial charge in [-0.05, 0) is 74.4 Å². The van der Waals surface area contributed by atoms with Crippen LogP contribution < -0.4 is 9.62 Å². The third kappa shape index (κ3) is 9.33. The lowest BCUT2D eigenvalue weighted by Crippen LogP contribution is -2.56. The number of nitrogens with one attached hydrogen (secondary N) is 1. The van der Waals surface area contributed by atoms with Gasteiger partial charge in [0.1, 0.15) is 12.6 Å². The van der Waals surface area contributed by atoms with Gasteiger partial charge in [-0.25, -0.2) is 8.42 Å². The second-order valence-electron chi connectivity index (χ2n) is 11.5. The van der Waals surface area contributed by atoms with Gasteiger partial charge in [0.15, 0.2) is 0 Å². The molecular formula is C34H34BrCl2N3O4S. The monoisotopic (exact) mass is 729 g/mol. The molecule has 4 rings (SSSR count). The Labute approximate surface area is 283 Å². The topological polar surface area (TPSA) is 86.8 Å². The molecule has 45 heavy (non-hydrogen) atoms. The fraction of sp³-hybridized carbons (Fsp3) is 0.235. The highest BCUT2D eigenvalue weighted by atomic mass is 79.9. The van der Waals surface area contributed by atoms with Crippen LogP contribution in [0.4, 0.5) is 5.69 Å². The molecule has 0 aliphatic rings. The lowest BCUT2D eigenvalue weighted by molar-refractivity contribution is -0.140. The van der Waals surface area contributed by atoms with Gasteiger partial charge in [0.05, 0.1) is 15.6 Å². The van der Waals surface area contributed by atoms with E-state index < -0.39 is 34.1 Å². The van der Waals surface area contributed by atoms with E-state index in [-0.39, 0.29) is 34.5 Å². The molecule has 0 radical (unpaired) electrons. The number of amides is 2. The van der Waals surface area contributed by atoms with E-state index in [2.05, 4.69) is 21.2 Å². The van der Waals surface area contributed by atoms with Crippen LogP contribution in [-0.2, 0) is 32.6 Å². The van der Waals surface area contributed by atoms with Crippen LogP contribution in [-0.4, -0.2) is 43.3 Å². The zero-order valence-electron chi connectivity index (χ0n) is 25.1. The minimum atomic E-state index is -4.28. The Morgan fingerprint density at radius 1 is 0.844 bits per heavy atom. The first-order chi connectivity index (χ1) is 21.2. The van der Waals surface area contributed by atoms with Crippen LogP contribution >= 0.6 is 39.1 Å². The summed E-state index contributed by atoms with van der Waals surface area (Å²) in [5.41, 5.74) is 1.09. The summed E-state index contributed by atoms with van der Waals surface area (Å²) in [4.78, 5) is 29.9. The predicted molar refractivity (Wildman–Crippen MR) is 184 cm³/mol. The van der Waals surface area contributed by atoms with Crippen LogP contribution in [0.5, 0.6) is 0 Å². The lowest BCUT2D eigenvalue weighted by Gasteiger charge is -2.35. The summed E-state index contributed by atoms with van der Waals surface area (Å²) in [6, 6.07) is 28.0. The van der Waals surface area contributed by atoms with Crippen molar-refractivity contribution in [2.75, 3.05) is 10.8 Å². The van der Waals surface area contributed by atoms with Crippen LogP contribution in [0.3, 0.4) is 0 Å². The van der Waals surface area contributed by atoms with Crippen LogP contribution in [0.15, 0.2) is 112 Å². The number of halogens is 3. The van der Waals surface area contributed by atoms with Gasteiger partial charge in [0.2, 0.25) is 11.8 Å². The second-order valence-corrected chi connectivity index (χ2v) is 15.1. The summed E-state index contributed by atoms with van der Waals surface area (Å²) in [6.07, 6.45) is 0.204. The van der Waals surface area contributed by atoms with Gasteiger partial charge in [-0.3, -0.25) is 13.9 Å². The number of hydrogen-bond donors (Lipinski definition) is 1. The van der Waals surface area contributed by atoms with Crippen molar-refractivity contribution in [2.45, 2.75) is 50.2 Å². The minimum Gasteiger partial charge on any atom is -0.350 e. The highest BCUT2D eigenvalue weighted by molar-refractivity contribution is 9.10. The van der Waals surface area contributed by atoms with Crippen LogP contribution in [0, 0.1) is 0 Å². The smallest absolute Gasteiger partial charge is 0.264 e. The summed E-state index contributed by atoms with van der Waals surface area (Å²) >= 11 is 16.2. The SMILES string of the molecule is CC(C)(C)NC(=O)[C@H](Cc1ccccc1)N(Cc1cccc(Br)c1)C(=O)CN(c1ccc(Cl)cc1Cl)S(=O)(=O)c1ccccc1. The molecule has 0 unspecified atom stereocenters. The van der Waals surface area contributed by atoms with Gasteiger partial charge in [0.25, 0.3) is 10.0 Å². The average molecular weight is 732 g/mol. The van der Waals surface area contributed by atoms with Crippen LogP contribution in [0.25, 0.3) is 0 Å². The lowest BCUT2D eigenvalue weighted by atomic mass is 10.0. The fourth-order valence-corrected chi connectivity index (χ4v) is 7.22. The molecule has 4 aromatic carbocycles. The number of nitrogens with zero attached hydrogens (tertiary/aromatic N) is 2. The number of rotatable bonds is 11. The summed E-state index contributed by atoms with van der Waals surface area (Å²) in [7, 11) is -4.28. The van der Waals surface area contributed by atoms with E-state index in [4.69, 9.17) is 23.2 Å². The Balaban J connectivity index is 1.84. The Kier molecular flexibility index (Phi) is 11.4. The molecule has 236 valence electrons. The van der Waals surface area contributed by atoms with Gasteiger partial charge in [0, 0.05) is 28.0 Å². The molecule has 0 heterocycles. The molecule has 0 saturated carbocycles.